The highest BCUT2D eigenvalue weighted by Gasteiger charge is 2.32. The summed E-state index contributed by atoms with van der Waals surface area (Å²) in [5.41, 5.74) is 1.35. The second kappa shape index (κ2) is 7.20. The van der Waals surface area contributed by atoms with Crippen LogP contribution in [0.1, 0.15) is 22.8 Å². The number of rotatable bonds is 4. The molecule has 1 fully saturated rings. The van der Waals surface area contributed by atoms with Gasteiger partial charge in [0.15, 0.2) is 9.84 Å². The van der Waals surface area contributed by atoms with Crippen LogP contribution in [0.2, 0.25) is 0 Å². The van der Waals surface area contributed by atoms with Crippen LogP contribution in [0, 0.1) is 5.82 Å². The van der Waals surface area contributed by atoms with E-state index >= 15 is 0 Å². The van der Waals surface area contributed by atoms with Crippen LogP contribution in [0.3, 0.4) is 0 Å². The fourth-order valence-electron chi connectivity index (χ4n) is 3.31. The van der Waals surface area contributed by atoms with Gasteiger partial charge in [-0.2, -0.15) is 5.10 Å². The zero-order chi connectivity index (χ0) is 19.7. The van der Waals surface area contributed by atoms with Crippen LogP contribution in [0.5, 0.6) is 0 Å². The molecule has 1 N–H and O–H groups in total. The first kappa shape index (κ1) is 18.4. The third-order valence-electron chi connectivity index (χ3n) is 4.72. The van der Waals surface area contributed by atoms with Gasteiger partial charge in [0.1, 0.15) is 11.6 Å². The molecule has 28 heavy (non-hydrogen) atoms. The number of hydrogen-bond acceptors (Lipinski definition) is 4. The number of anilines is 1. The van der Waals surface area contributed by atoms with Gasteiger partial charge >= 0.3 is 0 Å². The van der Waals surface area contributed by atoms with Crippen molar-refractivity contribution in [1.29, 1.82) is 0 Å². The molecule has 2 aromatic carbocycles. The fraction of sp³-hybridized carbons (Fsp3) is 0.200. The number of amides is 1. The lowest BCUT2D eigenvalue weighted by Crippen LogP contribution is -2.20. The minimum atomic E-state index is -3.14. The Morgan fingerprint density at radius 3 is 2.50 bits per heavy atom. The van der Waals surface area contributed by atoms with Crippen molar-refractivity contribution in [3.63, 3.8) is 0 Å². The molecule has 1 aliphatic rings. The second-order valence-corrected chi connectivity index (χ2v) is 8.94. The molecule has 0 saturated carbocycles. The highest BCUT2D eigenvalue weighted by atomic mass is 32.2. The molecule has 1 amide bonds. The molecule has 1 atom stereocenters. The van der Waals surface area contributed by atoms with Crippen LogP contribution in [0.15, 0.2) is 60.7 Å². The summed E-state index contributed by atoms with van der Waals surface area (Å²) in [7, 11) is -3.14. The predicted octanol–water partition coefficient (Wildman–Crippen LogP) is 3.30. The molecule has 2 heterocycles. The summed E-state index contributed by atoms with van der Waals surface area (Å²) in [6.45, 7) is 0. The van der Waals surface area contributed by atoms with Gasteiger partial charge in [-0.3, -0.25) is 4.79 Å². The lowest BCUT2D eigenvalue weighted by molar-refractivity contribution is 0.102. The molecule has 0 bridgehead atoms. The van der Waals surface area contributed by atoms with Crippen molar-refractivity contribution in [2.75, 3.05) is 16.8 Å². The van der Waals surface area contributed by atoms with Gasteiger partial charge in [0.25, 0.3) is 5.91 Å². The van der Waals surface area contributed by atoms with E-state index in [2.05, 4.69) is 10.4 Å². The van der Waals surface area contributed by atoms with E-state index < -0.39 is 21.6 Å². The topological polar surface area (TPSA) is 81.1 Å². The predicted molar refractivity (Wildman–Crippen MR) is 104 cm³/mol. The summed E-state index contributed by atoms with van der Waals surface area (Å²) in [6.07, 6.45) is 0.417. The Bertz CT molecular complexity index is 1130. The van der Waals surface area contributed by atoms with Crippen molar-refractivity contribution in [3.05, 3.63) is 72.0 Å². The average Bonchev–Trinajstić information content (AvgIpc) is 3.25. The number of nitrogens with zero attached hydrogens (tertiary/aromatic N) is 2. The van der Waals surface area contributed by atoms with Crippen molar-refractivity contribution in [2.24, 2.45) is 0 Å². The van der Waals surface area contributed by atoms with Crippen LogP contribution in [-0.2, 0) is 9.84 Å². The summed E-state index contributed by atoms with van der Waals surface area (Å²) >= 11 is 0. The highest BCUT2D eigenvalue weighted by molar-refractivity contribution is 7.91. The van der Waals surface area contributed by atoms with Crippen molar-refractivity contribution in [2.45, 2.75) is 12.5 Å². The number of hydrogen-bond donors (Lipinski definition) is 1. The molecule has 144 valence electrons. The molecule has 0 aliphatic carbocycles. The molecule has 1 aromatic heterocycles. The van der Waals surface area contributed by atoms with E-state index in [4.69, 9.17) is 0 Å². The summed E-state index contributed by atoms with van der Waals surface area (Å²) in [5, 5.41) is 7.23. The van der Waals surface area contributed by atoms with Crippen molar-refractivity contribution in [1.82, 2.24) is 9.78 Å². The average molecular weight is 399 g/mol. The SMILES string of the molecule is O=C(Nc1cc(-c2ccccc2)nn1C1CCS(=O)(=O)C1)c1ccccc1F. The molecule has 4 rings (SSSR count). The summed E-state index contributed by atoms with van der Waals surface area (Å²) < 4.78 is 39.3. The van der Waals surface area contributed by atoms with E-state index in [0.29, 0.717) is 17.9 Å². The Kier molecular flexibility index (Phi) is 4.72. The Morgan fingerprint density at radius 2 is 1.82 bits per heavy atom. The van der Waals surface area contributed by atoms with Gasteiger partial charge in [-0.15, -0.1) is 0 Å². The van der Waals surface area contributed by atoms with E-state index in [9.17, 15) is 17.6 Å². The first-order valence-electron chi connectivity index (χ1n) is 8.84. The quantitative estimate of drug-likeness (QED) is 0.730. The van der Waals surface area contributed by atoms with E-state index in [-0.39, 0.29) is 23.1 Å². The number of nitrogens with one attached hydrogen (secondary N) is 1. The summed E-state index contributed by atoms with van der Waals surface area (Å²) in [4.78, 5) is 12.6. The van der Waals surface area contributed by atoms with Gasteiger partial charge in [0, 0.05) is 11.6 Å². The molecular formula is C20H18FN3O3S. The normalized spacial score (nSPS) is 18.1. The molecule has 1 unspecified atom stereocenters. The number of benzene rings is 2. The zero-order valence-corrected chi connectivity index (χ0v) is 15.7. The third-order valence-corrected chi connectivity index (χ3v) is 6.47. The molecule has 6 nitrogen and oxygen atoms in total. The Balaban J connectivity index is 1.71. The summed E-state index contributed by atoms with van der Waals surface area (Å²) in [5.74, 6) is -0.851. The molecule has 3 aromatic rings. The minimum absolute atomic E-state index is 0.0362. The standard InChI is InChI=1S/C20H18FN3O3S/c21-17-9-5-4-8-16(17)20(25)22-19-12-18(14-6-2-1-3-7-14)23-24(19)15-10-11-28(26,27)13-15/h1-9,12,15H,10-11,13H2,(H,22,25). The van der Waals surface area contributed by atoms with Gasteiger partial charge in [-0.1, -0.05) is 42.5 Å². The van der Waals surface area contributed by atoms with Crippen LogP contribution >= 0.6 is 0 Å². The van der Waals surface area contributed by atoms with Gasteiger partial charge in [0.2, 0.25) is 0 Å². The maximum atomic E-state index is 14.0. The lowest BCUT2D eigenvalue weighted by Gasteiger charge is -2.14. The van der Waals surface area contributed by atoms with Crippen molar-refractivity contribution in [3.8, 4) is 11.3 Å². The largest absolute Gasteiger partial charge is 0.307 e. The first-order chi connectivity index (χ1) is 13.4. The summed E-state index contributed by atoms with van der Waals surface area (Å²) in [6, 6.07) is 16.4. The minimum Gasteiger partial charge on any atom is -0.307 e. The van der Waals surface area contributed by atoms with Gasteiger partial charge in [-0.25, -0.2) is 17.5 Å². The van der Waals surface area contributed by atoms with Crippen LogP contribution in [-0.4, -0.2) is 35.6 Å². The van der Waals surface area contributed by atoms with E-state index in [1.165, 1.54) is 22.9 Å². The van der Waals surface area contributed by atoms with Gasteiger partial charge in [-0.05, 0) is 18.6 Å². The number of carbonyl (C=O) groups excluding carboxylic acids is 1. The van der Waals surface area contributed by atoms with Gasteiger partial charge in [0.05, 0.1) is 28.8 Å². The molecule has 1 aliphatic heterocycles. The fourth-order valence-corrected chi connectivity index (χ4v) is 5.01. The molecule has 8 heteroatoms. The van der Waals surface area contributed by atoms with E-state index in [0.717, 1.165) is 5.56 Å². The maximum absolute atomic E-state index is 14.0. The Hall–Kier alpha value is -3.00. The van der Waals surface area contributed by atoms with Crippen molar-refractivity contribution >= 4 is 21.6 Å². The molecule has 0 spiro atoms. The molecule has 0 radical (unpaired) electrons. The molecule has 1 saturated heterocycles. The van der Waals surface area contributed by atoms with Crippen LogP contribution in [0.4, 0.5) is 10.2 Å². The smallest absolute Gasteiger partial charge is 0.259 e. The van der Waals surface area contributed by atoms with E-state index in [1.807, 2.05) is 30.3 Å². The Morgan fingerprint density at radius 1 is 1.11 bits per heavy atom. The second-order valence-electron chi connectivity index (χ2n) is 6.72. The monoisotopic (exact) mass is 399 g/mol. The maximum Gasteiger partial charge on any atom is 0.259 e. The highest BCUT2D eigenvalue weighted by Crippen LogP contribution is 2.30. The number of sulfone groups is 1. The van der Waals surface area contributed by atoms with Crippen LogP contribution in [0.25, 0.3) is 11.3 Å². The van der Waals surface area contributed by atoms with Crippen molar-refractivity contribution < 1.29 is 17.6 Å². The van der Waals surface area contributed by atoms with Gasteiger partial charge < -0.3 is 5.32 Å². The number of carbonyl (C=O) groups is 1. The first-order valence-corrected chi connectivity index (χ1v) is 10.7. The Labute approximate surface area is 161 Å². The van der Waals surface area contributed by atoms with Crippen LogP contribution < -0.4 is 5.32 Å². The zero-order valence-electron chi connectivity index (χ0n) is 14.9. The van der Waals surface area contributed by atoms with E-state index in [1.54, 1.807) is 12.1 Å². The lowest BCUT2D eigenvalue weighted by atomic mass is 10.1. The molecular weight excluding hydrogens is 381 g/mol. The number of halogens is 1. The number of aromatic nitrogens is 2. The third kappa shape index (κ3) is 3.68.